The summed E-state index contributed by atoms with van der Waals surface area (Å²) in [6.07, 6.45) is 5.07. The number of nitrogens with one attached hydrogen (secondary N) is 1. The summed E-state index contributed by atoms with van der Waals surface area (Å²) in [5.41, 5.74) is 3.47. The number of ether oxygens (including phenoxy) is 2. The molecule has 0 radical (unpaired) electrons. The van der Waals surface area contributed by atoms with E-state index in [2.05, 4.69) is 5.32 Å². The van der Waals surface area contributed by atoms with Gasteiger partial charge >= 0.3 is 0 Å². The topological polar surface area (TPSA) is 47.6 Å². The first-order chi connectivity index (χ1) is 13.0. The van der Waals surface area contributed by atoms with Crippen LogP contribution < -0.4 is 14.8 Å². The first-order valence-corrected chi connectivity index (χ1v) is 9.61. The zero-order valence-electron chi connectivity index (χ0n) is 16.7. The Hall–Kier alpha value is -2.49. The molecule has 2 aromatic rings. The number of hydrogen-bond acceptors (Lipinski definition) is 3. The summed E-state index contributed by atoms with van der Waals surface area (Å²) in [6, 6.07) is 11.9. The van der Waals surface area contributed by atoms with Crippen LogP contribution in [0.25, 0.3) is 0 Å². The van der Waals surface area contributed by atoms with Crippen LogP contribution in [0.5, 0.6) is 11.5 Å². The van der Waals surface area contributed by atoms with Crippen molar-refractivity contribution in [1.29, 1.82) is 0 Å². The zero-order valence-corrected chi connectivity index (χ0v) is 16.7. The molecular weight excluding hydrogens is 338 g/mol. The van der Waals surface area contributed by atoms with Crippen LogP contribution >= 0.6 is 0 Å². The molecule has 0 atom stereocenters. The Morgan fingerprint density at radius 1 is 0.926 bits per heavy atom. The molecule has 1 amide bonds. The Morgan fingerprint density at radius 2 is 1.52 bits per heavy atom. The number of rotatable bonds is 5. The van der Waals surface area contributed by atoms with Crippen molar-refractivity contribution >= 4 is 11.6 Å². The van der Waals surface area contributed by atoms with Gasteiger partial charge in [-0.3, -0.25) is 4.79 Å². The van der Waals surface area contributed by atoms with E-state index in [1.54, 1.807) is 14.2 Å². The van der Waals surface area contributed by atoms with E-state index >= 15 is 0 Å². The smallest absolute Gasteiger partial charge is 0.235 e. The second-order valence-electron chi connectivity index (χ2n) is 7.47. The lowest BCUT2D eigenvalue weighted by atomic mass is 9.68. The molecule has 27 heavy (non-hydrogen) atoms. The SMILES string of the molecule is COc1ccc(C2(C(=O)Nc3cc(C)c(OC)c(C)c3)CCCCC2)cc1. The molecule has 4 heteroatoms. The largest absolute Gasteiger partial charge is 0.497 e. The second kappa shape index (κ2) is 8.03. The molecule has 4 nitrogen and oxygen atoms in total. The van der Waals surface area contributed by atoms with Crippen molar-refractivity contribution in [1.82, 2.24) is 0 Å². The van der Waals surface area contributed by atoms with Crippen LogP contribution in [-0.4, -0.2) is 20.1 Å². The van der Waals surface area contributed by atoms with Crippen molar-refractivity contribution in [3.63, 3.8) is 0 Å². The predicted octanol–water partition coefficient (Wildman–Crippen LogP) is 5.16. The second-order valence-corrected chi connectivity index (χ2v) is 7.47. The highest BCUT2D eigenvalue weighted by Gasteiger charge is 2.41. The summed E-state index contributed by atoms with van der Waals surface area (Å²) in [5.74, 6) is 1.76. The maximum Gasteiger partial charge on any atom is 0.235 e. The highest BCUT2D eigenvalue weighted by atomic mass is 16.5. The third-order valence-corrected chi connectivity index (χ3v) is 5.71. The highest BCUT2D eigenvalue weighted by Crippen LogP contribution is 2.41. The fourth-order valence-corrected chi connectivity index (χ4v) is 4.31. The number of anilines is 1. The lowest BCUT2D eigenvalue weighted by molar-refractivity contribution is -0.122. The third-order valence-electron chi connectivity index (χ3n) is 5.71. The third kappa shape index (κ3) is 3.80. The van der Waals surface area contributed by atoms with Crippen LogP contribution in [0.2, 0.25) is 0 Å². The molecule has 144 valence electrons. The first-order valence-electron chi connectivity index (χ1n) is 9.61. The van der Waals surface area contributed by atoms with Crippen molar-refractivity contribution in [2.75, 3.05) is 19.5 Å². The predicted molar refractivity (Wildman–Crippen MR) is 109 cm³/mol. The average Bonchev–Trinajstić information content (AvgIpc) is 2.68. The van der Waals surface area contributed by atoms with Gasteiger partial charge in [-0.15, -0.1) is 0 Å². The average molecular weight is 367 g/mol. The maximum absolute atomic E-state index is 13.4. The lowest BCUT2D eigenvalue weighted by Crippen LogP contribution is -2.42. The number of amides is 1. The van der Waals surface area contributed by atoms with E-state index in [-0.39, 0.29) is 5.91 Å². The van der Waals surface area contributed by atoms with Crippen molar-refractivity contribution in [2.24, 2.45) is 0 Å². The van der Waals surface area contributed by atoms with Gasteiger partial charge in [-0.25, -0.2) is 0 Å². The highest BCUT2D eigenvalue weighted by molar-refractivity contribution is 5.99. The van der Waals surface area contributed by atoms with Gasteiger partial charge in [0.1, 0.15) is 11.5 Å². The van der Waals surface area contributed by atoms with Gasteiger partial charge in [-0.05, 0) is 67.6 Å². The fraction of sp³-hybridized carbons (Fsp3) is 0.435. The lowest BCUT2D eigenvalue weighted by Gasteiger charge is -2.36. The Labute approximate surface area is 161 Å². The molecule has 0 aromatic heterocycles. The molecule has 3 rings (SSSR count). The molecule has 0 aliphatic heterocycles. The van der Waals surface area contributed by atoms with Gasteiger partial charge in [0.2, 0.25) is 5.91 Å². The summed E-state index contributed by atoms with van der Waals surface area (Å²) in [4.78, 5) is 13.4. The van der Waals surface area contributed by atoms with Crippen LogP contribution in [0.4, 0.5) is 5.69 Å². The van der Waals surface area contributed by atoms with E-state index in [1.807, 2.05) is 50.2 Å². The zero-order chi connectivity index (χ0) is 19.4. The summed E-state index contributed by atoms with van der Waals surface area (Å²) < 4.78 is 10.7. The minimum Gasteiger partial charge on any atom is -0.497 e. The molecule has 0 spiro atoms. The molecule has 0 heterocycles. The molecule has 1 N–H and O–H groups in total. The van der Waals surface area contributed by atoms with Crippen molar-refractivity contribution < 1.29 is 14.3 Å². The Morgan fingerprint density at radius 3 is 2.04 bits per heavy atom. The minimum atomic E-state index is -0.480. The Balaban J connectivity index is 1.92. The quantitative estimate of drug-likeness (QED) is 0.794. The van der Waals surface area contributed by atoms with E-state index in [0.29, 0.717) is 0 Å². The molecule has 1 saturated carbocycles. The molecule has 0 bridgehead atoms. The van der Waals surface area contributed by atoms with Crippen LogP contribution in [0.15, 0.2) is 36.4 Å². The van der Waals surface area contributed by atoms with Crippen molar-refractivity contribution in [2.45, 2.75) is 51.4 Å². The van der Waals surface area contributed by atoms with Gasteiger partial charge in [0, 0.05) is 5.69 Å². The number of benzene rings is 2. The number of aryl methyl sites for hydroxylation is 2. The summed E-state index contributed by atoms with van der Waals surface area (Å²) in [7, 11) is 3.33. The normalized spacial score (nSPS) is 15.9. The number of methoxy groups -OCH3 is 2. The summed E-state index contributed by atoms with van der Waals surface area (Å²) in [5, 5.41) is 3.19. The van der Waals surface area contributed by atoms with Crippen LogP contribution in [-0.2, 0) is 10.2 Å². The first kappa shape index (κ1) is 19.3. The van der Waals surface area contributed by atoms with Crippen molar-refractivity contribution in [3.05, 3.63) is 53.1 Å². The van der Waals surface area contributed by atoms with Crippen LogP contribution in [0.3, 0.4) is 0 Å². The maximum atomic E-state index is 13.4. The molecule has 0 saturated heterocycles. The van der Waals surface area contributed by atoms with E-state index in [0.717, 1.165) is 59.6 Å². The molecule has 2 aromatic carbocycles. The molecule has 1 aliphatic carbocycles. The van der Waals surface area contributed by atoms with Gasteiger partial charge in [0.15, 0.2) is 0 Å². The molecule has 1 fully saturated rings. The Bertz CT molecular complexity index is 782. The number of hydrogen-bond donors (Lipinski definition) is 1. The van der Waals surface area contributed by atoms with E-state index in [9.17, 15) is 4.79 Å². The van der Waals surface area contributed by atoms with E-state index in [4.69, 9.17) is 9.47 Å². The molecule has 1 aliphatic rings. The van der Waals surface area contributed by atoms with Crippen molar-refractivity contribution in [3.8, 4) is 11.5 Å². The molecule has 0 unspecified atom stereocenters. The standard InChI is InChI=1S/C23H29NO3/c1-16-14-19(15-17(2)21(16)27-4)24-22(25)23(12-6-5-7-13-23)18-8-10-20(26-3)11-9-18/h8-11,14-15H,5-7,12-13H2,1-4H3,(H,24,25). The summed E-state index contributed by atoms with van der Waals surface area (Å²) in [6.45, 7) is 4.00. The number of carbonyl (C=O) groups is 1. The fourth-order valence-electron chi connectivity index (χ4n) is 4.31. The van der Waals surface area contributed by atoms with Gasteiger partial charge < -0.3 is 14.8 Å². The number of carbonyl (C=O) groups excluding carboxylic acids is 1. The van der Waals surface area contributed by atoms with Gasteiger partial charge in [-0.2, -0.15) is 0 Å². The summed E-state index contributed by atoms with van der Waals surface area (Å²) >= 11 is 0. The van der Waals surface area contributed by atoms with Gasteiger partial charge in [0.25, 0.3) is 0 Å². The van der Waals surface area contributed by atoms with Crippen LogP contribution in [0, 0.1) is 13.8 Å². The molecular formula is C23H29NO3. The van der Waals surface area contributed by atoms with Crippen LogP contribution in [0.1, 0.15) is 48.8 Å². The monoisotopic (exact) mass is 367 g/mol. The minimum absolute atomic E-state index is 0.0799. The Kier molecular flexibility index (Phi) is 5.73. The van der Waals surface area contributed by atoms with Gasteiger partial charge in [-0.1, -0.05) is 31.4 Å². The van der Waals surface area contributed by atoms with Gasteiger partial charge in [0.05, 0.1) is 19.6 Å². The van der Waals surface area contributed by atoms with E-state index < -0.39 is 5.41 Å². The van der Waals surface area contributed by atoms with E-state index in [1.165, 1.54) is 6.42 Å².